The Morgan fingerprint density at radius 2 is 1.71 bits per heavy atom. The Morgan fingerprint density at radius 3 is 2.46 bits per heavy atom. The molecule has 2 aliphatic heterocycles. The van der Waals surface area contributed by atoms with Crippen LogP contribution in [0, 0.1) is 11.8 Å². The lowest BCUT2D eigenvalue weighted by atomic mass is 9.94. The molecule has 154 valence electrons. The van der Waals surface area contributed by atoms with Gasteiger partial charge in [0.2, 0.25) is 0 Å². The van der Waals surface area contributed by atoms with E-state index in [1.165, 1.54) is 76.6 Å². The molecule has 1 atom stereocenters. The molecule has 0 unspecified atom stereocenters. The van der Waals surface area contributed by atoms with E-state index in [0.717, 1.165) is 36.5 Å². The molecule has 0 spiro atoms. The molecule has 3 nitrogen and oxygen atoms in total. The first-order chi connectivity index (χ1) is 13.8. The fourth-order valence-corrected chi connectivity index (χ4v) is 5.76. The first-order valence-electron chi connectivity index (χ1n) is 11.6. The van der Waals surface area contributed by atoms with Crippen LogP contribution in [0.1, 0.15) is 56.9 Å². The second kappa shape index (κ2) is 10.1. The minimum absolute atomic E-state index is 0.513. The number of likely N-dealkylation sites (tertiary alicyclic amines) is 1. The van der Waals surface area contributed by atoms with Crippen molar-refractivity contribution >= 4 is 17.3 Å². The van der Waals surface area contributed by atoms with Crippen molar-refractivity contribution in [1.82, 2.24) is 15.1 Å². The Balaban J connectivity index is 1.19. The standard InChI is InChI=1S/C24H37N3S/c28-24-25-18-23(17-21-9-2-1-3-10-21)27(24)19-22-12-15-26(16-13-22)14-6-11-20-7-4-5-8-20/h1-3,9-10,20,22-23H,4-8,11-19H2,(H,25,28)/t23-/m0/s1. The monoisotopic (exact) mass is 399 g/mol. The summed E-state index contributed by atoms with van der Waals surface area (Å²) in [5.41, 5.74) is 1.42. The van der Waals surface area contributed by atoms with Gasteiger partial charge < -0.3 is 15.1 Å². The van der Waals surface area contributed by atoms with E-state index < -0.39 is 0 Å². The van der Waals surface area contributed by atoms with E-state index in [-0.39, 0.29) is 0 Å². The number of thiocarbonyl (C=S) groups is 1. The summed E-state index contributed by atoms with van der Waals surface area (Å²) in [5, 5.41) is 4.41. The van der Waals surface area contributed by atoms with Crippen LogP contribution in [0.5, 0.6) is 0 Å². The van der Waals surface area contributed by atoms with Crippen LogP contribution in [0.15, 0.2) is 30.3 Å². The fraction of sp³-hybridized carbons (Fsp3) is 0.708. The Hall–Kier alpha value is -1.13. The lowest BCUT2D eigenvalue weighted by Gasteiger charge is -2.36. The minimum atomic E-state index is 0.513. The van der Waals surface area contributed by atoms with Crippen molar-refractivity contribution < 1.29 is 0 Å². The average Bonchev–Trinajstić information content (AvgIpc) is 3.36. The van der Waals surface area contributed by atoms with E-state index in [1.807, 2.05) is 0 Å². The largest absolute Gasteiger partial charge is 0.360 e. The van der Waals surface area contributed by atoms with Crippen LogP contribution in [0.3, 0.4) is 0 Å². The number of nitrogens with one attached hydrogen (secondary N) is 1. The van der Waals surface area contributed by atoms with E-state index in [0.29, 0.717) is 6.04 Å². The van der Waals surface area contributed by atoms with Crippen LogP contribution in [-0.4, -0.2) is 53.7 Å². The summed E-state index contributed by atoms with van der Waals surface area (Å²) in [6.07, 6.45) is 12.6. The van der Waals surface area contributed by atoms with Crippen molar-refractivity contribution in [3.05, 3.63) is 35.9 Å². The third-order valence-electron chi connectivity index (χ3n) is 7.23. The SMILES string of the molecule is S=C1NC[C@H](Cc2ccccc2)N1CC1CCN(CCCC2CCCC2)CC1. The molecule has 1 aromatic carbocycles. The third-order valence-corrected chi connectivity index (χ3v) is 7.61. The number of piperidine rings is 1. The predicted octanol–water partition coefficient (Wildman–Crippen LogP) is 4.47. The maximum Gasteiger partial charge on any atom is 0.169 e. The van der Waals surface area contributed by atoms with Crippen molar-refractivity contribution in [3.63, 3.8) is 0 Å². The van der Waals surface area contributed by atoms with Gasteiger partial charge in [-0.05, 0) is 81.4 Å². The van der Waals surface area contributed by atoms with Crippen LogP contribution in [0.25, 0.3) is 0 Å². The van der Waals surface area contributed by atoms with Gasteiger partial charge in [-0.25, -0.2) is 0 Å². The van der Waals surface area contributed by atoms with Gasteiger partial charge in [-0.2, -0.15) is 0 Å². The summed E-state index contributed by atoms with van der Waals surface area (Å²) < 4.78 is 0. The van der Waals surface area contributed by atoms with E-state index >= 15 is 0 Å². The molecule has 0 bridgehead atoms. The first-order valence-corrected chi connectivity index (χ1v) is 12.0. The normalized spacial score (nSPS) is 24.8. The molecule has 1 aliphatic carbocycles. The minimum Gasteiger partial charge on any atom is -0.360 e. The highest BCUT2D eigenvalue weighted by atomic mass is 32.1. The molecule has 4 heteroatoms. The Kier molecular flexibility index (Phi) is 7.25. The summed E-state index contributed by atoms with van der Waals surface area (Å²) in [5.74, 6) is 1.84. The van der Waals surface area contributed by atoms with Crippen LogP contribution in [0.4, 0.5) is 0 Å². The predicted molar refractivity (Wildman–Crippen MR) is 122 cm³/mol. The zero-order valence-corrected chi connectivity index (χ0v) is 18.1. The molecule has 28 heavy (non-hydrogen) atoms. The molecule has 0 amide bonds. The molecular formula is C24H37N3S. The summed E-state index contributed by atoms with van der Waals surface area (Å²) in [6.45, 7) is 6.02. The Bertz CT molecular complexity index is 606. The smallest absolute Gasteiger partial charge is 0.169 e. The third kappa shape index (κ3) is 5.48. The lowest BCUT2D eigenvalue weighted by Crippen LogP contribution is -2.43. The highest BCUT2D eigenvalue weighted by molar-refractivity contribution is 7.80. The van der Waals surface area contributed by atoms with Crippen LogP contribution < -0.4 is 5.32 Å². The number of rotatable bonds is 8. The number of hydrogen-bond donors (Lipinski definition) is 1. The molecular weight excluding hydrogens is 362 g/mol. The molecule has 3 aliphatic rings. The van der Waals surface area contributed by atoms with Crippen LogP contribution in [-0.2, 0) is 6.42 Å². The van der Waals surface area contributed by atoms with E-state index in [2.05, 4.69) is 45.4 Å². The molecule has 3 fully saturated rings. The molecule has 4 rings (SSSR count). The molecule has 2 saturated heterocycles. The van der Waals surface area contributed by atoms with Gasteiger partial charge in [0.1, 0.15) is 0 Å². The van der Waals surface area contributed by atoms with Crippen molar-refractivity contribution in [3.8, 4) is 0 Å². The van der Waals surface area contributed by atoms with Gasteiger partial charge in [0.25, 0.3) is 0 Å². The topological polar surface area (TPSA) is 18.5 Å². The van der Waals surface area contributed by atoms with E-state index in [9.17, 15) is 0 Å². The molecule has 1 saturated carbocycles. The summed E-state index contributed by atoms with van der Waals surface area (Å²) in [4.78, 5) is 5.20. The van der Waals surface area contributed by atoms with Gasteiger partial charge in [0.15, 0.2) is 5.11 Å². The number of benzene rings is 1. The highest BCUT2D eigenvalue weighted by Crippen LogP contribution is 2.29. The first kappa shape index (κ1) is 20.2. The quantitative estimate of drug-likeness (QED) is 0.650. The molecule has 1 N–H and O–H groups in total. The van der Waals surface area contributed by atoms with Gasteiger partial charge in [-0.1, -0.05) is 56.0 Å². The zero-order chi connectivity index (χ0) is 19.2. The fourth-order valence-electron chi connectivity index (χ4n) is 5.46. The van der Waals surface area contributed by atoms with Gasteiger partial charge in [0.05, 0.1) is 6.04 Å². The maximum atomic E-state index is 5.64. The van der Waals surface area contributed by atoms with Gasteiger partial charge >= 0.3 is 0 Å². The second-order valence-corrected chi connectivity index (χ2v) is 9.65. The maximum absolute atomic E-state index is 5.64. The van der Waals surface area contributed by atoms with Gasteiger partial charge in [-0.15, -0.1) is 0 Å². The van der Waals surface area contributed by atoms with Crippen molar-refractivity contribution in [2.24, 2.45) is 11.8 Å². The zero-order valence-electron chi connectivity index (χ0n) is 17.3. The molecule has 0 aromatic heterocycles. The highest BCUT2D eigenvalue weighted by Gasteiger charge is 2.31. The van der Waals surface area contributed by atoms with Crippen LogP contribution >= 0.6 is 12.2 Å². The number of hydrogen-bond acceptors (Lipinski definition) is 2. The lowest BCUT2D eigenvalue weighted by molar-refractivity contribution is 0.156. The Morgan fingerprint density at radius 1 is 0.964 bits per heavy atom. The van der Waals surface area contributed by atoms with Crippen molar-refractivity contribution in [2.75, 3.05) is 32.7 Å². The molecule has 2 heterocycles. The van der Waals surface area contributed by atoms with Crippen molar-refractivity contribution in [1.29, 1.82) is 0 Å². The Labute approximate surface area is 176 Å². The summed E-state index contributed by atoms with van der Waals surface area (Å²) in [7, 11) is 0. The van der Waals surface area contributed by atoms with E-state index in [1.54, 1.807) is 0 Å². The van der Waals surface area contributed by atoms with E-state index in [4.69, 9.17) is 12.2 Å². The average molecular weight is 400 g/mol. The van der Waals surface area contributed by atoms with Crippen molar-refractivity contribution in [2.45, 2.75) is 63.8 Å². The second-order valence-electron chi connectivity index (χ2n) is 9.26. The number of nitrogens with zero attached hydrogens (tertiary/aromatic N) is 2. The van der Waals surface area contributed by atoms with Gasteiger partial charge in [0, 0.05) is 13.1 Å². The molecule has 1 aromatic rings. The van der Waals surface area contributed by atoms with Gasteiger partial charge in [-0.3, -0.25) is 0 Å². The molecule has 0 radical (unpaired) electrons. The van der Waals surface area contributed by atoms with Crippen LogP contribution in [0.2, 0.25) is 0 Å². The summed E-state index contributed by atoms with van der Waals surface area (Å²) in [6, 6.07) is 11.4. The summed E-state index contributed by atoms with van der Waals surface area (Å²) >= 11 is 5.64.